The van der Waals surface area contributed by atoms with Gasteiger partial charge in [-0.25, -0.2) is 0 Å². The van der Waals surface area contributed by atoms with E-state index in [1.807, 2.05) is 7.05 Å². The first kappa shape index (κ1) is 16.6. The molecule has 0 saturated heterocycles. The van der Waals surface area contributed by atoms with Gasteiger partial charge < -0.3 is 5.32 Å². The topological polar surface area (TPSA) is 68.1 Å². The lowest BCUT2D eigenvalue weighted by atomic mass is 9.84. The van der Waals surface area contributed by atoms with Crippen molar-refractivity contribution in [2.45, 2.75) is 47.1 Å². The zero-order valence-electron chi connectivity index (χ0n) is 13.2. The van der Waals surface area contributed by atoms with E-state index in [1.54, 1.807) is 20.0 Å². The van der Waals surface area contributed by atoms with E-state index in [2.05, 4.69) is 31.1 Å². The zero-order valence-corrected chi connectivity index (χ0v) is 13.2. The van der Waals surface area contributed by atoms with Crippen molar-refractivity contribution in [1.29, 1.82) is 0 Å². The van der Waals surface area contributed by atoms with Crippen molar-refractivity contribution in [2.75, 3.05) is 7.05 Å². The monoisotopic (exact) mass is 279 g/mol. The van der Waals surface area contributed by atoms with Gasteiger partial charge in [-0.05, 0) is 46.1 Å². The minimum atomic E-state index is -0.304. The summed E-state index contributed by atoms with van der Waals surface area (Å²) in [5, 5.41) is 14.4. The molecule has 0 saturated carbocycles. The molecule has 1 aromatic rings. The van der Waals surface area contributed by atoms with Crippen molar-refractivity contribution >= 4 is 5.69 Å². The Morgan fingerprint density at radius 2 is 1.95 bits per heavy atom. The number of aromatic nitrogens is 1. The molecule has 0 amide bonds. The molecule has 0 spiro atoms. The third-order valence-electron chi connectivity index (χ3n) is 4.14. The molecule has 0 aromatic carbocycles. The first-order valence-electron chi connectivity index (χ1n) is 7.06. The normalized spacial score (nSPS) is 14.3. The van der Waals surface area contributed by atoms with Gasteiger partial charge in [0.25, 0.3) is 5.69 Å². The third kappa shape index (κ3) is 3.54. The molecule has 20 heavy (non-hydrogen) atoms. The van der Waals surface area contributed by atoms with Gasteiger partial charge in [-0.15, -0.1) is 0 Å². The average molecular weight is 279 g/mol. The van der Waals surface area contributed by atoms with E-state index in [9.17, 15) is 10.1 Å². The fourth-order valence-corrected chi connectivity index (χ4v) is 2.68. The highest BCUT2D eigenvalue weighted by Crippen LogP contribution is 2.28. The van der Waals surface area contributed by atoms with Crippen LogP contribution in [0.25, 0.3) is 0 Å². The number of aryl methyl sites for hydroxylation is 1. The number of nitrogens with one attached hydrogen (secondary N) is 1. The Balaban J connectivity index is 3.14. The Hall–Kier alpha value is -1.49. The summed E-state index contributed by atoms with van der Waals surface area (Å²) in [6.07, 6.45) is 2.37. The molecule has 0 aliphatic heterocycles. The highest BCUT2D eigenvalue weighted by molar-refractivity contribution is 5.47. The van der Waals surface area contributed by atoms with E-state index in [0.29, 0.717) is 29.0 Å². The quantitative estimate of drug-likeness (QED) is 0.642. The van der Waals surface area contributed by atoms with Crippen molar-refractivity contribution in [2.24, 2.45) is 11.8 Å². The van der Waals surface area contributed by atoms with Gasteiger partial charge in [0.05, 0.1) is 10.6 Å². The lowest BCUT2D eigenvalue weighted by Gasteiger charge is -2.27. The number of rotatable bonds is 6. The molecule has 1 rings (SSSR count). The van der Waals surface area contributed by atoms with Crippen LogP contribution in [0.2, 0.25) is 0 Å². The van der Waals surface area contributed by atoms with Gasteiger partial charge in [0.2, 0.25) is 0 Å². The summed E-state index contributed by atoms with van der Waals surface area (Å²) >= 11 is 0. The minimum Gasteiger partial charge on any atom is -0.317 e. The summed E-state index contributed by atoms with van der Waals surface area (Å²) in [5.41, 5.74) is 2.36. The van der Waals surface area contributed by atoms with Crippen LogP contribution in [-0.2, 0) is 6.42 Å². The number of pyridine rings is 1. The first-order chi connectivity index (χ1) is 9.29. The maximum Gasteiger partial charge on any atom is 0.278 e. The summed E-state index contributed by atoms with van der Waals surface area (Å²) in [4.78, 5) is 15.3. The lowest BCUT2D eigenvalue weighted by molar-refractivity contribution is -0.386. The number of nitrogens with zero attached hydrogens (tertiary/aromatic N) is 2. The Morgan fingerprint density at radius 3 is 2.40 bits per heavy atom. The highest BCUT2D eigenvalue weighted by Gasteiger charge is 2.25. The van der Waals surface area contributed by atoms with Gasteiger partial charge in [0.15, 0.2) is 0 Å². The fourth-order valence-electron chi connectivity index (χ4n) is 2.68. The van der Waals surface area contributed by atoms with E-state index in [4.69, 9.17) is 0 Å². The van der Waals surface area contributed by atoms with E-state index in [-0.39, 0.29) is 10.6 Å². The Bertz CT molecular complexity index is 486. The van der Waals surface area contributed by atoms with E-state index in [1.165, 1.54) is 0 Å². The standard InChI is InChI=1S/C15H25N3O2/c1-9(2)13(12(5)16-6)7-14-11(4)15(18(19)20)10(3)8-17-14/h8-9,12-13,16H,7H2,1-6H3. The van der Waals surface area contributed by atoms with Crippen LogP contribution in [0.5, 0.6) is 0 Å². The Morgan fingerprint density at radius 1 is 1.35 bits per heavy atom. The summed E-state index contributed by atoms with van der Waals surface area (Å²) in [6.45, 7) is 10.0. The molecule has 1 aromatic heterocycles. The summed E-state index contributed by atoms with van der Waals surface area (Å²) in [6, 6.07) is 0.344. The van der Waals surface area contributed by atoms with Crippen LogP contribution in [0, 0.1) is 35.8 Å². The third-order valence-corrected chi connectivity index (χ3v) is 4.14. The van der Waals surface area contributed by atoms with Crippen molar-refractivity contribution in [3.05, 3.63) is 33.1 Å². The van der Waals surface area contributed by atoms with E-state index in [0.717, 1.165) is 12.1 Å². The zero-order chi connectivity index (χ0) is 15.4. The molecule has 1 heterocycles. The largest absolute Gasteiger partial charge is 0.317 e. The second kappa shape index (κ2) is 6.79. The Labute approximate surface area is 121 Å². The second-order valence-corrected chi connectivity index (χ2v) is 5.81. The lowest BCUT2D eigenvalue weighted by Crippen LogP contribution is -2.35. The number of hydrogen-bond acceptors (Lipinski definition) is 4. The molecule has 112 valence electrons. The molecule has 2 unspecified atom stereocenters. The summed E-state index contributed by atoms with van der Waals surface area (Å²) in [5.74, 6) is 0.882. The molecule has 1 N–H and O–H groups in total. The maximum absolute atomic E-state index is 11.2. The fraction of sp³-hybridized carbons (Fsp3) is 0.667. The molecule has 0 aliphatic rings. The molecule has 2 atom stereocenters. The van der Waals surface area contributed by atoms with Crippen molar-refractivity contribution < 1.29 is 4.92 Å². The van der Waals surface area contributed by atoms with E-state index >= 15 is 0 Å². The van der Waals surface area contributed by atoms with E-state index < -0.39 is 0 Å². The molecule has 0 bridgehead atoms. The highest BCUT2D eigenvalue weighted by atomic mass is 16.6. The van der Waals surface area contributed by atoms with Gasteiger partial charge >= 0.3 is 0 Å². The van der Waals surface area contributed by atoms with Gasteiger partial charge in [0, 0.05) is 23.4 Å². The van der Waals surface area contributed by atoms with Crippen LogP contribution >= 0.6 is 0 Å². The predicted octanol–water partition coefficient (Wildman–Crippen LogP) is 3.03. The van der Waals surface area contributed by atoms with Gasteiger partial charge in [0.1, 0.15) is 0 Å². The SMILES string of the molecule is CNC(C)C(Cc1ncc(C)c([N+](=O)[O-])c1C)C(C)C. The number of hydrogen-bond donors (Lipinski definition) is 1. The van der Waals surface area contributed by atoms with Crippen LogP contribution in [0.3, 0.4) is 0 Å². The minimum absolute atomic E-state index is 0.203. The van der Waals surface area contributed by atoms with Crippen LogP contribution in [0.4, 0.5) is 5.69 Å². The smallest absolute Gasteiger partial charge is 0.278 e. The molecular weight excluding hydrogens is 254 g/mol. The average Bonchev–Trinajstić information content (AvgIpc) is 2.36. The van der Waals surface area contributed by atoms with Crippen molar-refractivity contribution in [1.82, 2.24) is 10.3 Å². The van der Waals surface area contributed by atoms with Crippen molar-refractivity contribution in [3.8, 4) is 0 Å². The summed E-state index contributed by atoms with van der Waals surface area (Å²) in [7, 11) is 1.94. The van der Waals surface area contributed by atoms with Crippen LogP contribution < -0.4 is 5.32 Å². The van der Waals surface area contributed by atoms with Crippen LogP contribution in [0.1, 0.15) is 37.6 Å². The number of nitro groups is 1. The first-order valence-corrected chi connectivity index (χ1v) is 7.06. The molecular formula is C15H25N3O2. The summed E-state index contributed by atoms with van der Waals surface area (Å²) < 4.78 is 0. The molecule has 5 nitrogen and oxygen atoms in total. The maximum atomic E-state index is 11.2. The molecule has 0 fully saturated rings. The van der Waals surface area contributed by atoms with Crippen LogP contribution in [0.15, 0.2) is 6.20 Å². The van der Waals surface area contributed by atoms with Gasteiger partial charge in [-0.3, -0.25) is 15.1 Å². The molecule has 0 radical (unpaired) electrons. The van der Waals surface area contributed by atoms with Crippen molar-refractivity contribution in [3.63, 3.8) is 0 Å². The molecule has 0 aliphatic carbocycles. The second-order valence-electron chi connectivity index (χ2n) is 5.81. The van der Waals surface area contributed by atoms with Gasteiger partial charge in [-0.2, -0.15) is 0 Å². The Kier molecular flexibility index (Phi) is 5.62. The van der Waals surface area contributed by atoms with Gasteiger partial charge in [-0.1, -0.05) is 13.8 Å². The van der Waals surface area contributed by atoms with Crippen LogP contribution in [-0.4, -0.2) is 23.0 Å². The predicted molar refractivity (Wildman–Crippen MR) is 80.9 cm³/mol. The molecule has 5 heteroatoms.